The number of rotatable bonds is 8. The Morgan fingerprint density at radius 3 is 2.61 bits per heavy atom. The summed E-state index contributed by atoms with van der Waals surface area (Å²) in [6, 6.07) is 23.0. The van der Waals surface area contributed by atoms with E-state index >= 15 is 0 Å². The van der Waals surface area contributed by atoms with Crippen LogP contribution in [0.25, 0.3) is 10.8 Å². The first-order chi connectivity index (χ1) is 15.2. The zero-order chi connectivity index (χ0) is 21.6. The molecule has 1 fully saturated rings. The lowest BCUT2D eigenvalue weighted by atomic mass is 10.0. The van der Waals surface area contributed by atoms with Crippen molar-refractivity contribution in [3.63, 3.8) is 0 Å². The molecule has 0 aromatic heterocycles. The molecule has 5 heteroatoms. The topological polar surface area (TPSA) is 53.6 Å². The van der Waals surface area contributed by atoms with Crippen LogP contribution in [0, 0.1) is 0 Å². The molecule has 1 amide bonds. The molecule has 0 spiro atoms. The highest BCUT2D eigenvalue weighted by Gasteiger charge is 2.36. The Kier molecular flexibility index (Phi) is 6.85. The van der Waals surface area contributed by atoms with Crippen molar-refractivity contribution >= 4 is 16.7 Å². The number of carbonyl (C=O) groups excluding carboxylic acids is 1. The van der Waals surface area contributed by atoms with Crippen LogP contribution < -0.4 is 15.4 Å². The van der Waals surface area contributed by atoms with Crippen molar-refractivity contribution in [2.24, 2.45) is 0 Å². The van der Waals surface area contributed by atoms with Crippen molar-refractivity contribution < 1.29 is 9.53 Å². The molecule has 2 atom stereocenters. The second-order valence-electron chi connectivity index (χ2n) is 8.11. The Balaban J connectivity index is 1.50. The number of fused-ring (bicyclic) bond motifs is 1. The van der Waals surface area contributed by atoms with Crippen molar-refractivity contribution in [2.75, 3.05) is 20.2 Å². The summed E-state index contributed by atoms with van der Waals surface area (Å²) in [6.07, 6.45) is 0.797. The number of ether oxygens (including phenoxy) is 1. The normalized spacial score (nSPS) is 18.9. The fraction of sp³-hybridized carbons (Fsp3) is 0.346. The van der Waals surface area contributed by atoms with E-state index in [2.05, 4.69) is 70.1 Å². The van der Waals surface area contributed by atoms with Gasteiger partial charge in [0.05, 0.1) is 13.2 Å². The number of hydrogen-bond donors (Lipinski definition) is 2. The van der Waals surface area contributed by atoms with Crippen LogP contribution in [0.5, 0.6) is 5.75 Å². The largest absolute Gasteiger partial charge is 0.496 e. The van der Waals surface area contributed by atoms with E-state index in [0.717, 1.165) is 30.8 Å². The fourth-order valence-electron chi connectivity index (χ4n) is 4.54. The molecular formula is C26H31N3O2. The number of nitrogens with one attached hydrogen (secondary N) is 2. The first-order valence-electron chi connectivity index (χ1n) is 11.0. The minimum absolute atomic E-state index is 0.116. The maximum atomic E-state index is 12.7. The predicted octanol–water partition coefficient (Wildman–Crippen LogP) is 3.72. The highest BCUT2D eigenvalue weighted by molar-refractivity contribution is 5.87. The average molecular weight is 418 g/mol. The molecule has 2 N–H and O–H groups in total. The number of hydrogen-bond acceptors (Lipinski definition) is 4. The van der Waals surface area contributed by atoms with Gasteiger partial charge in [0.15, 0.2) is 0 Å². The average Bonchev–Trinajstić information content (AvgIpc) is 3.20. The lowest BCUT2D eigenvalue weighted by molar-refractivity contribution is -0.125. The van der Waals surface area contributed by atoms with Crippen LogP contribution in [0.3, 0.4) is 0 Å². The number of nitrogens with zero attached hydrogens (tertiary/aromatic N) is 1. The summed E-state index contributed by atoms with van der Waals surface area (Å²) in [5, 5.41) is 9.13. The number of amides is 1. The van der Waals surface area contributed by atoms with E-state index in [-0.39, 0.29) is 18.0 Å². The molecule has 0 bridgehead atoms. The molecule has 0 radical (unpaired) electrons. The Bertz CT molecular complexity index is 1020. The summed E-state index contributed by atoms with van der Waals surface area (Å²) in [7, 11) is 1.72. The van der Waals surface area contributed by atoms with Crippen molar-refractivity contribution in [3.8, 4) is 5.75 Å². The van der Waals surface area contributed by atoms with Crippen LogP contribution in [-0.2, 0) is 17.9 Å². The Morgan fingerprint density at radius 1 is 1.06 bits per heavy atom. The van der Waals surface area contributed by atoms with Crippen LogP contribution in [0.15, 0.2) is 66.7 Å². The first-order valence-corrected chi connectivity index (χ1v) is 11.0. The summed E-state index contributed by atoms with van der Waals surface area (Å²) < 4.78 is 5.65. The molecule has 0 saturated carbocycles. The minimum Gasteiger partial charge on any atom is -0.496 e. The summed E-state index contributed by atoms with van der Waals surface area (Å²) in [6.45, 7) is 4.94. The minimum atomic E-state index is -0.118. The van der Waals surface area contributed by atoms with E-state index in [9.17, 15) is 4.79 Å². The first kappa shape index (κ1) is 21.3. The molecule has 0 unspecified atom stereocenters. The quantitative estimate of drug-likeness (QED) is 0.587. The molecule has 1 heterocycles. The molecule has 1 aliphatic heterocycles. The Morgan fingerprint density at radius 2 is 1.84 bits per heavy atom. The van der Waals surface area contributed by atoms with Crippen molar-refractivity contribution in [2.45, 2.75) is 38.5 Å². The summed E-state index contributed by atoms with van der Waals surface area (Å²) in [5.41, 5.74) is 2.39. The maximum absolute atomic E-state index is 12.7. The van der Waals surface area contributed by atoms with Gasteiger partial charge in [-0.3, -0.25) is 9.69 Å². The number of likely N-dealkylation sites (N-methyl/N-ethyl adjacent to an activating group) is 1. The smallest absolute Gasteiger partial charge is 0.237 e. The number of benzene rings is 3. The molecule has 1 aliphatic rings. The summed E-state index contributed by atoms with van der Waals surface area (Å²) in [4.78, 5) is 15.0. The molecular weight excluding hydrogens is 386 g/mol. The lowest BCUT2D eigenvalue weighted by Crippen LogP contribution is -2.42. The highest BCUT2D eigenvalue weighted by atomic mass is 16.5. The summed E-state index contributed by atoms with van der Waals surface area (Å²) in [5.74, 6) is 1.01. The van der Waals surface area contributed by atoms with Crippen LogP contribution in [0.2, 0.25) is 0 Å². The Labute approximate surface area is 184 Å². The van der Waals surface area contributed by atoms with Gasteiger partial charge < -0.3 is 15.4 Å². The Hall–Kier alpha value is -2.89. The van der Waals surface area contributed by atoms with Gasteiger partial charge in [-0.25, -0.2) is 0 Å². The molecule has 4 rings (SSSR count). The van der Waals surface area contributed by atoms with E-state index in [1.807, 2.05) is 19.1 Å². The monoisotopic (exact) mass is 417 g/mol. The van der Waals surface area contributed by atoms with Gasteiger partial charge in [-0.15, -0.1) is 0 Å². The third-order valence-electron chi connectivity index (χ3n) is 6.07. The van der Waals surface area contributed by atoms with E-state index < -0.39 is 0 Å². The zero-order valence-electron chi connectivity index (χ0n) is 18.3. The summed E-state index contributed by atoms with van der Waals surface area (Å²) >= 11 is 0. The highest BCUT2D eigenvalue weighted by Crippen LogP contribution is 2.29. The molecule has 3 aromatic rings. The van der Waals surface area contributed by atoms with E-state index in [1.165, 1.54) is 16.3 Å². The van der Waals surface area contributed by atoms with Crippen LogP contribution in [0.4, 0.5) is 0 Å². The van der Waals surface area contributed by atoms with Gasteiger partial charge in [-0.2, -0.15) is 0 Å². The van der Waals surface area contributed by atoms with Gasteiger partial charge in [0.25, 0.3) is 0 Å². The number of likely N-dealkylation sites (tertiary alicyclic amines) is 1. The van der Waals surface area contributed by atoms with Gasteiger partial charge in [0.1, 0.15) is 5.75 Å². The van der Waals surface area contributed by atoms with Gasteiger partial charge in [-0.1, -0.05) is 60.7 Å². The van der Waals surface area contributed by atoms with Crippen molar-refractivity contribution in [1.29, 1.82) is 0 Å². The van der Waals surface area contributed by atoms with E-state index in [4.69, 9.17) is 4.74 Å². The lowest BCUT2D eigenvalue weighted by Gasteiger charge is -2.23. The molecule has 1 saturated heterocycles. The molecule has 31 heavy (non-hydrogen) atoms. The third kappa shape index (κ3) is 4.89. The van der Waals surface area contributed by atoms with E-state index in [1.54, 1.807) is 7.11 Å². The van der Waals surface area contributed by atoms with Crippen molar-refractivity contribution in [3.05, 3.63) is 77.9 Å². The molecule has 162 valence electrons. The molecule has 0 aliphatic carbocycles. The van der Waals surface area contributed by atoms with Crippen molar-refractivity contribution in [1.82, 2.24) is 15.5 Å². The second kappa shape index (κ2) is 9.94. The van der Waals surface area contributed by atoms with Gasteiger partial charge in [0, 0.05) is 37.8 Å². The second-order valence-corrected chi connectivity index (χ2v) is 8.11. The zero-order valence-corrected chi connectivity index (χ0v) is 18.3. The maximum Gasteiger partial charge on any atom is 0.237 e. The predicted molar refractivity (Wildman–Crippen MR) is 125 cm³/mol. The van der Waals surface area contributed by atoms with Crippen LogP contribution >= 0.6 is 0 Å². The van der Waals surface area contributed by atoms with E-state index in [0.29, 0.717) is 13.1 Å². The van der Waals surface area contributed by atoms with Crippen LogP contribution in [0.1, 0.15) is 24.5 Å². The third-order valence-corrected chi connectivity index (χ3v) is 6.07. The molecule has 3 aromatic carbocycles. The molecule has 5 nitrogen and oxygen atoms in total. The standard InChI is InChI=1S/C26H31N3O2/c1-3-27-26(30)24-15-21(18-29(24)17-19-9-5-4-6-10-19)28-16-23-22-12-8-7-11-20(22)13-14-25(23)31-2/h4-14,21,24,28H,3,15-18H2,1-2H3,(H,27,30)/t21-,24-/m0/s1. The number of methoxy groups -OCH3 is 1. The van der Waals surface area contributed by atoms with Gasteiger partial charge in [0.2, 0.25) is 5.91 Å². The van der Waals surface area contributed by atoms with Crippen LogP contribution in [-0.4, -0.2) is 43.1 Å². The van der Waals surface area contributed by atoms with Gasteiger partial charge in [-0.05, 0) is 35.7 Å². The van der Waals surface area contributed by atoms with Gasteiger partial charge >= 0.3 is 0 Å². The SMILES string of the molecule is CCNC(=O)[C@@H]1C[C@H](NCc2c(OC)ccc3ccccc23)CN1Cc1ccccc1. The number of carbonyl (C=O) groups is 1. The fourth-order valence-corrected chi connectivity index (χ4v) is 4.54.